The van der Waals surface area contributed by atoms with Gasteiger partial charge in [-0.1, -0.05) is 0 Å². The molecule has 12 nitrogen and oxygen atoms in total. The van der Waals surface area contributed by atoms with Gasteiger partial charge in [-0.3, -0.25) is 13.9 Å². The van der Waals surface area contributed by atoms with Crippen molar-refractivity contribution in [1.82, 2.24) is 19.5 Å². The molecule has 0 saturated carbocycles. The number of H-pyrrole nitrogens is 1. The maximum atomic E-state index is 12.0. The summed E-state index contributed by atoms with van der Waals surface area (Å²) in [6.45, 7) is 4.14. The molecule has 0 bridgehead atoms. The summed E-state index contributed by atoms with van der Waals surface area (Å²) < 4.78 is 24.2. The minimum Gasteiger partial charge on any atom is -0.388 e. The van der Waals surface area contributed by atoms with E-state index in [9.17, 15) is 29.6 Å². The number of aromatic amines is 1. The molecule has 6 atom stereocenters. The number of ether oxygens (including phenoxy) is 1. The van der Waals surface area contributed by atoms with E-state index >= 15 is 0 Å². The maximum Gasteiger partial charge on any atom is 0.356 e. The average molecular weight is 418 g/mol. The Kier molecular flexibility index (Phi) is 5.49. The Hall–Kier alpha value is -1.66. The third-order valence-corrected chi connectivity index (χ3v) is 6.22. The molecule has 13 heteroatoms. The predicted octanol–water partition coefficient (Wildman–Crippen LogP) is -0.552. The molecule has 0 aromatic carbocycles. The fourth-order valence-corrected chi connectivity index (χ4v) is 4.06. The molecule has 1 fully saturated rings. The molecule has 5 N–H and O–H groups in total. The summed E-state index contributed by atoms with van der Waals surface area (Å²) in [6.07, 6.45) is -2.33. The molecule has 0 aliphatic carbocycles. The number of aliphatic hydroxyl groups excluding tert-OH is 3. The lowest BCUT2D eigenvalue weighted by Gasteiger charge is -2.31. The highest BCUT2D eigenvalue weighted by atomic mass is 31.2. The number of aliphatic hydroxyl groups is 3. The van der Waals surface area contributed by atoms with Crippen molar-refractivity contribution >= 4 is 18.8 Å². The van der Waals surface area contributed by atoms with Crippen LogP contribution in [0.15, 0.2) is 17.4 Å². The normalized spacial score (nSPS) is 29.1. The molecule has 3 rings (SSSR count). The molecule has 4 unspecified atom stereocenters. The molecule has 2 aromatic rings. The molecule has 0 spiro atoms. The molecule has 156 valence electrons. The van der Waals surface area contributed by atoms with Crippen LogP contribution >= 0.6 is 7.60 Å². The molecule has 1 aliphatic heterocycles. The number of aromatic nitrogens is 4. The Morgan fingerprint density at radius 3 is 2.71 bits per heavy atom. The van der Waals surface area contributed by atoms with Gasteiger partial charge >= 0.3 is 7.60 Å². The Morgan fingerprint density at radius 1 is 1.39 bits per heavy atom. The summed E-state index contributed by atoms with van der Waals surface area (Å²) >= 11 is 0. The molecule has 3 heterocycles. The van der Waals surface area contributed by atoms with Gasteiger partial charge in [-0.15, -0.1) is 0 Å². The number of nitrogens with one attached hydrogen (secondary N) is 1. The van der Waals surface area contributed by atoms with Gasteiger partial charge in [0, 0.05) is 6.42 Å². The number of fused-ring (bicyclic) bond motifs is 1. The third-order valence-electron chi connectivity index (χ3n) is 4.52. The first-order valence-corrected chi connectivity index (χ1v) is 10.2. The van der Waals surface area contributed by atoms with E-state index in [2.05, 4.69) is 15.0 Å². The van der Waals surface area contributed by atoms with Crippen molar-refractivity contribution in [3.05, 3.63) is 23.0 Å². The zero-order valence-electron chi connectivity index (χ0n) is 15.5. The van der Waals surface area contributed by atoms with Gasteiger partial charge in [-0.05, 0) is 20.8 Å². The average Bonchev–Trinajstić information content (AvgIpc) is 3.11. The second-order valence-corrected chi connectivity index (χ2v) is 9.41. The van der Waals surface area contributed by atoms with E-state index in [4.69, 9.17) is 9.26 Å². The van der Waals surface area contributed by atoms with E-state index in [-0.39, 0.29) is 17.6 Å². The highest BCUT2D eigenvalue weighted by Crippen LogP contribution is 2.51. The van der Waals surface area contributed by atoms with Crippen LogP contribution in [0.1, 0.15) is 33.4 Å². The van der Waals surface area contributed by atoms with Crippen LogP contribution in [0.2, 0.25) is 0 Å². The summed E-state index contributed by atoms with van der Waals surface area (Å²) in [5.74, 6) is -1.58. The van der Waals surface area contributed by atoms with Crippen LogP contribution in [0.25, 0.3) is 11.2 Å². The van der Waals surface area contributed by atoms with Gasteiger partial charge in [-0.2, -0.15) is 0 Å². The van der Waals surface area contributed by atoms with Crippen molar-refractivity contribution in [2.75, 3.05) is 0 Å². The predicted molar refractivity (Wildman–Crippen MR) is 95.4 cm³/mol. The third kappa shape index (κ3) is 3.90. The van der Waals surface area contributed by atoms with Crippen molar-refractivity contribution in [3.63, 3.8) is 0 Å². The van der Waals surface area contributed by atoms with Gasteiger partial charge in [0.25, 0.3) is 5.56 Å². The number of hydrogen-bond donors (Lipinski definition) is 5. The number of nitrogens with zero attached hydrogens (tertiary/aromatic N) is 3. The van der Waals surface area contributed by atoms with Crippen LogP contribution in [0.5, 0.6) is 0 Å². The SMILES string of the molecule is CC(O)P(=O)(O)OC(C)(C)CC1O[C@@H](n2cnc3c(=O)[nH]cnc32)[C@H](O)C1O. The second kappa shape index (κ2) is 7.30. The lowest BCUT2D eigenvalue weighted by Crippen LogP contribution is -2.37. The standard InChI is InChI=1S/C15H23N4O8P/c1-7(20)28(24,25)27-15(2,3)4-8-10(21)11(22)14(26-8)19-6-18-9-12(19)16-5-17-13(9)23/h5-8,10-11,14,20-22H,4H2,1-3H3,(H,24,25)(H,16,17,23)/t7?,8?,10?,11-,14-/m1/s1. The van der Waals surface area contributed by atoms with E-state index in [1.165, 1.54) is 31.1 Å². The Balaban J connectivity index is 1.81. The highest BCUT2D eigenvalue weighted by Gasteiger charge is 2.47. The maximum absolute atomic E-state index is 12.0. The number of imidazole rings is 1. The fourth-order valence-electron chi connectivity index (χ4n) is 3.13. The summed E-state index contributed by atoms with van der Waals surface area (Å²) in [4.78, 5) is 31.9. The Bertz CT molecular complexity index is 957. The van der Waals surface area contributed by atoms with Crippen molar-refractivity contribution < 1.29 is 34.0 Å². The van der Waals surface area contributed by atoms with E-state index in [1.54, 1.807) is 0 Å². The number of hydrogen-bond acceptors (Lipinski definition) is 9. The van der Waals surface area contributed by atoms with Crippen molar-refractivity contribution in [3.8, 4) is 0 Å². The quantitative estimate of drug-likeness (QED) is 0.382. The van der Waals surface area contributed by atoms with Crippen LogP contribution in [0.3, 0.4) is 0 Å². The first kappa shape index (κ1) is 21.1. The van der Waals surface area contributed by atoms with Crippen LogP contribution in [0, 0.1) is 0 Å². The van der Waals surface area contributed by atoms with Crippen LogP contribution in [-0.2, 0) is 13.8 Å². The van der Waals surface area contributed by atoms with E-state index in [0.717, 1.165) is 6.92 Å². The minimum atomic E-state index is -4.29. The smallest absolute Gasteiger partial charge is 0.356 e. The number of rotatable bonds is 6. The second-order valence-electron chi connectivity index (χ2n) is 7.35. The largest absolute Gasteiger partial charge is 0.388 e. The van der Waals surface area contributed by atoms with Crippen molar-refractivity contribution in [2.24, 2.45) is 0 Å². The Labute approximate surface area is 159 Å². The van der Waals surface area contributed by atoms with Gasteiger partial charge in [-0.25, -0.2) is 9.97 Å². The zero-order chi connectivity index (χ0) is 20.9. The van der Waals surface area contributed by atoms with Gasteiger partial charge in [0.15, 0.2) is 23.2 Å². The minimum absolute atomic E-state index is 0.0538. The summed E-state index contributed by atoms with van der Waals surface area (Å²) in [5.41, 5.74) is -1.49. The van der Waals surface area contributed by atoms with Gasteiger partial charge in [0.2, 0.25) is 0 Å². The molecule has 28 heavy (non-hydrogen) atoms. The molecular formula is C15H23N4O8P. The lowest BCUT2D eigenvalue weighted by molar-refractivity contribution is -0.0615. The topological polar surface area (TPSA) is 180 Å². The highest BCUT2D eigenvalue weighted by molar-refractivity contribution is 7.53. The van der Waals surface area contributed by atoms with Crippen molar-refractivity contribution in [2.45, 2.75) is 63.2 Å². The van der Waals surface area contributed by atoms with E-state index in [0.29, 0.717) is 0 Å². The van der Waals surface area contributed by atoms with E-state index < -0.39 is 49.1 Å². The van der Waals surface area contributed by atoms with Crippen LogP contribution in [0.4, 0.5) is 0 Å². The first-order chi connectivity index (χ1) is 12.9. The molecule has 0 radical (unpaired) electrons. The summed E-state index contributed by atoms with van der Waals surface area (Å²) in [5, 5.41) is 30.2. The van der Waals surface area contributed by atoms with Gasteiger partial charge in [0.05, 0.1) is 24.4 Å². The van der Waals surface area contributed by atoms with Crippen LogP contribution < -0.4 is 5.56 Å². The Morgan fingerprint density at radius 2 is 2.07 bits per heavy atom. The van der Waals surface area contributed by atoms with E-state index in [1.807, 2.05) is 0 Å². The monoisotopic (exact) mass is 418 g/mol. The van der Waals surface area contributed by atoms with Gasteiger partial charge < -0.3 is 34.5 Å². The fraction of sp³-hybridized carbons (Fsp3) is 0.667. The lowest BCUT2D eigenvalue weighted by atomic mass is 9.97. The van der Waals surface area contributed by atoms with Crippen LogP contribution in [-0.4, -0.2) is 69.5 Å². The summed E-state index contributed by atoms with van der Waals surface area (Å²) in [6, 6.07) is 0. The molecular weight excluding hydrogens is 395 g/mol. The molecule has 2 aromatic heterocycles. The first-order valence-electron chi connectivity index (χ1n) is 8.56. The summed E-state index contributed by atoms with van der Waals surface area (Å²) in [7, 11) is -4.29. The van der Waals surface area contributed by atoms with Gasteiger partial charge in [0.1, 0.15) is 12.2 Å². The van der Waals surface area contributed by atoms with Crippen molar-refractivity contribution in [1.29, 1.82) is 0 Å². The molecule has 1 saturated heterocycles. The molecule has 0 amide bonds. The zero-order valence-corrected chi connectivity index (χ0v) is 16.4. The molecule has 1 aliphatic rings.